The second-order valence-corrected chi connectivity index (χ2v) is 5.35. The summed E-state index contributed by atoms with van der Waals surface area (Å²) in [4.78, 5) is 2.30. The van der Waals surface area contributed by atoms with Crippen molar-refractivity contribution >= 4 is 5.69 Å². The third-order valence-electron chi connectivity index (χ3n) is 3.33. The lowest BCUT2D eigenvalue weighted by atomic mass is 10.1. The molecule has 100 valence electrons. The maximum absolute atomic E-state index is 5.95. The molecular weight excluding hydrogens is 232 g/mol. The van der Waals surface area contributed by atoms with Crippen LogP contribution in [0.5, 0.6) is 0 Å². The van der Waals surface area contributed by atoms with Crippen LogP contribution in [0.1, 0.15) is 22.3 Å². The van der Waals surface area contributed by atoms with Crippen molar-refractivity contribution in [3.63, 3.8) is 0 Å². The van der Waals surface area contributed by atoms with Gasteiger partial charge in [-0.3, -0.25) is 4.90 Å². The van der Waals surface area contributed by atoms with Gasteiger partial charge in [0, 0.05) is 18.8 Å². The van der Waals surface area contributed by atoms with Crippen LogP contribution in [-0.2, 0) is 13.1 Å². The highest BCUT2D eigenvalue weighted by Gasteiger charge is 2.03. The maximum Gasteiger partial charge on any atom is 0.0346 e. The van der Waals surface area contributed by atoms with Gasteiger partial charge in [0.25, 0.3) is 0 Å². The second-order valence-electron chi connectivity index (χ2n) is 5.35. The summed E-state index contributed by atoms with van der Waals surface area (Å²) in [7, 11) is 2.14. The van der Waals surface area contributed by atoms with E-state index in [0.717, 1.165) is 24.3 Å². The number of hydrogen-bond donors (Lipinski definition) is 1. The Morgan fingerprint density at radius 1 is 0.947 bits per heavy atom. The fourth-order valence-corrected chi connectivity index (χ4v) is 2.28. The Bertz CT molecular complexity index is 561. The molecule has 0 bridgehead atoms. The lowest BCUT2D eigenvalue weighted by Crippen LogP contribution is -2.17. The summed E-state index contributed by atoms with van der Waals surface area (Å²) in [6.07, 6.45) is 0. The van der Waals surface area contributed by atoms with Crippen LogP contribution in [0.3, 0.4) is 0 Å². The van der Waals surface area contributed by atoms with Gasteiger partial charge in [-0.05, 0) is 43.7 Å². The lowest BCUT2D eigenvalue weighted by Gasteiger charge is -2.17. The molecule has 0 aliphatic rings. The molecule has 2 aromatic rings. The highest BCUT2D eigenvalue weighted by Crippen LogP contribution is 2.15. The molecule has 0 saturated carbocycles. The molecule has 0 unspecified atom stereocenters. The Hall–Kier alpha value is -1.80. The molecule has 2 N–H and O–H groups in total. The van der Waals surface area contributed by atoms with Crippen molar-refractivity contribution in [2.24, 2.45) is 0 Å². The largest absolute Gasteiger partial charge is 0.399 e. The van der Waals surface area contributed by atoms with Crippen LogP contribution in [0, 0.1) is 13.8 Å². The SMILES string of the molecule is Cc1cccc(CN(C)Cc2ccc(C)c(N)c2)c1. The van der Waals surface area contributed by atoms with E-state index in [1.165, 1.54) is 16.7 Å². The Morgan fingerprint density at radius 3 is 2.26 bits per heavy atom. The molecule has 0 amide bonds. The number of rotatable bonds is 4. The van der Waals surface area contributed by atoms with Gasteiger partial charge in [0.15, 0.2) is 0 Å². The zero-order chi connectivity index (χ0) is 13.8. The Balaban J connectivity index is 2.01. The first-order valence-corrected chi connectivity index (χ1v) is 6.63. The highest BCUT2D eigenvalue weighted by atomic mass is 15.1. The van der Waals surface area contributed by atoms with Crippen LogP contribution in [0.25, 0.3) is 0 Å². The van der Waals surface area contributed by atoms with Gasteiger partial charge < -0.3 is 5.73 Å². The number of nitrogens with two attached hydrogens (primary N) is 1. The second kappa shape index (κ2) is 5.89. The van der Waals surface area contributed by atoms with Gasteiger partial charge in [-0.25, -0.2) is 0 Å². The van der Waals surface area contributed by atoms with Crippen LogP contribution in [0.4, 0.5) is 5.69 Å². The molecule has 0 fully saturated rings. The molecule has 0 spiro atoms. The first-order valence-electron chi connectivity index (χ1n) is 6.63. The van der Waals surface area contributed by atoms with Crippen molar-refractivity contribution < 1.29 is 0 Å². The van der Waals surface area contributed by atoms with Crippen molar-refractivity contribution in [3.05, 3.63) is 64.7 Å². The summed E-state index contributed by atoms with van der Waals surface area (Å²) in [5, 5.41) is 0. The topological polar surface area (TPSA) is 29.3 Å². The van der Waals surface area contributed by atoms with E-state index in [2.05, 4.69) is 61.3 Å². The average molecular weight is 254 g/mol. The highest BCUT2D eigenvalue weighted by molar-refractivity contribution is 5.48. The van der Waals surface area contributed by atoms with Gasteiger partial charge in [0.1, 0.15) is 0 Å². The molecule has 0 atom stereocenters. The number of benzene rings is 2. The number of nitrogens with zero attached hydrogens (tertiary/aromatic N) is 1. The number of nitrogen functional groups attached to an aromatic ring is 1. The smallest absolute Gasteiger partial charge is 0.0346 e. The monoisotopic (exact) mass is 254 g/mol. The third-order valence-corrected chi connectivity index (χ3v) is 3.33. The molecule has 2 rings (SSSR count). The van der Waals surface area contributed by atoms with Gasteiger partial charge >= 0.3 is 0 Å². The standard InChI is InChI=1S/C17H22N2/c1-13-5-4-6-15(9-13)11-19(3)12-16-8-7-14(2)17(18)10-16/h4-10H,11-12,18H2,1-3H3. The van der Waals surface area contributed by atoms with E-state index < -0.39 is 0 Å². The van der Waals surface area contributed by atoms with Crippen LogP contribution >= 0.6 is 0 Å². The Morgan fingerprint density at radius 2 is 1.63 bits per heavy atom. The summed E-state index contributed by atoms with van der Waals surface area (Å²) < 4.78 is 0. The summed E-state index contributed by atoms with van der Waals surface area (Å²) in [5.41, 5.74) is 11.9. The minimum atomic E-state index is 0.876. The van der Waals surface area contributed by atoms with Gasteiger partial charge in [0.05, 0.1) is 0 Å². The Labute approximate surface area is 115 Å². The van der Waals surface area contributed by atoms with Gasteiger partial charge in [-0.15, -0.1) is 0 Å². The van der Waals surface area contributed by atoms with Crippen LogP contribution in [0.15, 0.2) is 42.5 Å². The molecule has 19 heavy (non-hydrogen) atoms. The van der Waals surface area contributed by atoms with E-state index in [0.29, 0.717) is 0 Å². The average Bonchev–Trinajstić information content (AvgIpc) is 2.34. The zero-order valence-electron chi connectivity index (χ0n) is 12.0. The number of anilines is 1. The molecule has 0 heterocycles. The van der Waals surface area contributed by atoms with E-state index in [1.54, 1.807) is 0 Å². The van der Waals surface area contributed by atoms with E-state index >= 15 is 0 Å². The maximum atomic E-state index is 5.95. The zero-order valence-corrected chi connectivity index (χ0v) is 12.0. The fraction of sp³-hybridized carbons (Fsp3) is 0.294. The van der Waals surface area contributed by atoms with E-state index in [9.17, 15) is 0 Å². The number of aryl methyl sites for hydroxylation is 2. The molecule has 2 heteroatoms. The molecule has 0 aromatic heterocycles. The molecule has 2 aromatic carbocycles. The van der Waals surface area contributed by atoms with E-state index in [4.69, 9.17) is 5.73 Å². The van der Waals surface area contributed by atoms with Gasteiger partial charge in [-0.2, -0.15) is 0 Å². The molecular formula is C17H22N2. The van der Waals surface area contributed by atoms with E-state index in [1.807, 2.05) is 6.92 Å². The number of hydrogen-bond acceptors (Lipinski definition) is 2. The van der Waals surface area contributed by atoms with Crippen molar-refractivity contribution in [2.45, 2.75) is 26.9 Å². The van der Waals surface area contributed by atoms with Gasteiger partial charge in [-0.1, -0.05) is 42.0 Å². The molecule has 0 aliphatic carbocycles. The van der Waals surface area contributed by atoms with Crippen molar-refractivity contribution in [2.75, 3.05) is 12.8 Å². The first kappa shape index (κ1) is 13.6. The van der Waals surface area contributed by atoms with Crippen molar-refractivity contribution in [3.8, 4) is 0 Å². The van der Waals surface area contributed by atoms with Crippen molar-refractivity contribution in [1.82, 2.24) is 4.90 Å². The van der Waals surface area contributed by atoms with Gasteiger partial charge in [0.2, 0.25) is 0 Å². The molecule has 0 aliphatic heterocycles. The van der Waals surface area contributed by atoms with Crippen LogP contribution in [0.2, 0.25) is 0 Å². The summed E-state index contributed by atoms with van der Waals surface area (Å²) in [6, 6.07) is 15.0. The van der Waals surface area contributed by atoms with Crippen LogP contribution < -0.4 is 5.73 Å². The van der Waals surface area contributed by atoms with Crippen molar-refractivity contribution in [1.29, 1.82) is 0 Å². The third kappa shape index (κ3) is 3.83. The summed E-state index contributed by atoms with van der Waals surface area (Å²) >= 11 is 0. The summed E-state index contributed by atoms with van der Waals surface area (Å²) in [5.74, 6) is 0. The minimum Gasteiger partial charge on any atom is -0.399 e. The minimum absolute atomic E-state index is 0.876. The fourth-order valence-electron chi connectivity index (χ4n) is 2.28. The van der Waals surface area contributed by atoms with E-state index in [-0.39, 0.29) is 0 Å². The molecule has 0 saturated heterocycles. The molecule has 0 radical (unpaired) electrons. The lowest BCUT2D eigenvalue weighted by molar-refractivity contribution is 0.319. The predicted molar refractivity (Wildman–Crippen MR) is 81.9 cm³/mol. The molecule has 2 nitrogen and oxygen atoms in total. The quantitative estimate of drug-likeness (QED) is 0.846. The van der Waals surface area contributed by atoms with Crippen LogP contribution in [-0.4, -0.2) is 11.9 Å². The Kier molecular flexibility index (Phi) is 4.23. The normalized spacial score (nSPS) is 10.9. The first-order chi connectivity index (χ1) is 9.04. The summed E-state index contributed by atoms with van der Waals surface area (Å²) in [6.45, 7) is 6.04. The predicted octanol–water partition coefficient (Wildman–Crippen LogP) is 3.52.